The Balaban J connectivity index is 3.56. The Morgan fingerprint density at radius 3 is 2.46 bits per heavy atom. The molecule has 0 aromatic carbocycles. The SMILES string of the molecule is CCCCCC(=O)OC(C)C(=O)Cl. The van der Waals surface area contributed by atoms with Gasteiger partial charge in [0.15, 0.2) is 6.10 Å². The van der Waals surface area contributed by atoms with Crippen molar-refractivity contribution in [1.82, 2.24) is 0 Å². The minimum absolute atomic E-state index is 0.352. The second-order valence-corrected chi connectivity index (χ2v) is 3.27. The molecule has 0 radical (unpaired) electrons. The summed E-state index contributed by atoms with van der Waals surface area (Å²) in [6, 6.07) is 0. The normalized spacial score (nSPS) is 12.2. The molecule has 0 amide bonds. The van der Waals surface area contributed by atoms with Crippen LogP contribution in [0.15, 0.2) is 0 Å². The van der Waals surface area contributed by atoms with Crippen LogP contribution in [-0.4, -0.2) is 17.3 Å². The summed E-state index contributed by atoms with van der Waals surface area (Å²) in [7, 11) is 0. The van der Waals surface area contributed by atoms with Gasteiger partial charge in [-0.2, -0.15) is 0 Å². The topological polar surface area (TPSA) is 43.4 Å². The molecule has 0 N–H and O–H groups in total. The highest BCUT2D eigenvalue weighted by Gasteiger charge is 2.14. The lowest BCUT2D eigenvalue weighted by atomic mass is 10.2. The summed E-state index contributed by atoms with van der Waals surface area (Å²) in [6.07, 6.45) is 2.40. The fraction of sp³-hybridized carbons (Fsp3) is 0.778. The zero-order valence-electron chi connectivity index (χ0n) is 8.01. The van der Waals surface area contributed by atoms with Gasteiger partial charge in [0.1, 0.15) is 0 Å². The van der Waals surface area contributed by atoms with Crippen LogP contribution in [0.3, 0.4) is 0 Å². The Kier molecular flexibility index (Phi) is 6.59. The molecule has 1 unspecified atom stereocenters. The van der Waals surface area contributed by atoms with Gasteiger partial charge in [-0.25, -0.2) is 0 Å². The number of esters is 1. The number of carbonyl (C=O) groups is 2. The van der Waals surface area contributed by atoms with Crippen molar-refractivity contribution in [2.75, 3.05) is 0 Å². The van der Waals surface area contributed by atoms with Crippen LogP contribution in [0.5, 0.6) is 0 Å². The van der Waals surface area contributed by atoms with Gasteiger partial charge >= 0.3 is 5.97 Å². The zero-order chi connectivity index (χ0) is 10.3. The lowest BCUT2D eigenvalue weighted by Crippen LogP contribution is -2.20. The van der Waals surface area contributed by atoms with E-state index in [9.17, 15) is 9.59 Å². The number of unbranched alkanes of at least 4 members (excludes halogenated alkanes) is 2. The molecular weight excluding hydrogens is 192 g/mol. The third kappa shape index (κ3) is 6.58. The first-order valence-electron chi connectivity index (χ1n) is 4.46. The third-order valence-corrected chi connectivity index (χ3v) is 1.92. The molecule has 1 atom stereocenters. The van der Waals surface area contributed by atoms with E-state index in [2.05, 4.69) is 6.92 Å². The van der Waals surface area contributed by atoms with Gasteiger partial charge in [0.25, 0.3) is 5.24 Å². The first kappa shape index (κ1) is 12.4. The molecule has 0 saturated carbocycles. The molecule has 0 spiro atoms. The number of carbonyl (C=O) groups excluding carboxylic acids is 2. The Morgan fingerprint density at radius 2 is 2.00 bits per heavy atom. The molecule has 4 heteroatoms. The van der Waals surface area contributed by atoms with Crippen molar-refractivity contribution in [2.24, 2.45) is 0 Å². The number of hydrogen-bond acceptors (Lipinski definition) is 3. The molecule has 13 heavy (non-hydrogen) atoms. The number of halogens is 1. The summed E-state index contributed by atoms with van der Waals surface area (Å²) in [5, 5.41) is -0.635. The summed E-state index contributed by atoms with van der Waals surface area (Å²) >= 11 is 5.12. The van der Waals surface area contributed by atoms with Crippen molar-refractivity contribution in [1.29, 1.82) is 0 Å². The Bertz CT molecular complexity index is 180. The lowest BCUT2D eigenvalue weighted by molar-refractivity contribution is -0.151. The molecule has 0 saturated heterocycles. The van der Waals surface area contributed by atoms with Crippen molar-refractivity contribution >= 4 is 22.8 Å². The van der Waals surface area contributed by atoms with E-state index in [4.69, 9.17) is 16.3 Å². The highest BCUT2D eigenvalue weighted by molar-refractivity contribution is 6.64. The van der Waals surface area contributed by atoms with E-state index in [1.807, 2.05) is 0 Å². The van der Waals surface area contributed by atoms with Gasteiger partial charge in [0.2, 0.25) is 0 Å². The van der Waals surface area contributed by atoms with Gasteiger partial charge in [-0.1, -0.05) is 19.8 Å². The van der Waals surface area contributed by atoms with Crippen LogP contribution >= 0.6 is 11.6 Å². The van der Waals surface area contributed by atoms with Gasteiger partial charge in [0, 0.05) is 6.42 Å². The van der Waals surface area contributed by atoms with Crippen LogP contribution in [0.1, 0.15) is 39.5 Å². The van der Waals surface area contributed by atoms with Crippen LogP contribution in [0.2, 0.25) is 0 Å². The Hall–Kier alpha value is -0.570. The molecule has 76 valence electrons. The van der Waals surface area contributed by atoms with E-state index < -0.39 is 11.3 Å². The van der Waals surface area contributed by atoms with Gasteiger partial charge < -0.3 is 4.74 Å². The fourth-order valence-corrected chi connectivity index (χ4v) is 0.866. The van der Waals surface area contributed by atoms with Gasteiger partial charge in [-0.05, 0) is 24.9 Å². The van der Waals surface area contributed by atoms with Crippen molar-refractivity contribution in [3.63, 3.8) is 0 Å². The smallest absolute Gasteiger partial charge is 0.306 e. The predicted octanol–water partition coefficient (Wildman–Crippen LogP) is 2.26. The minimum Gasteiger partial charge on any atom is -0.453 e. The van der Waals surface area contributed by atoms with E-state index >= 15 is 0 Å². The Morgan fingerprint density at radius 1 is 1.38 bits per heavy atom. The molecule has 0 aliphatic heterocycles. The molecule has 0 rings (SSSR count). The summed E-state index contributed by atoms with van der Waals surface area (Å²) in [4.78, 5) is 21.5. The molecule has 0 aliphatic carbocycles. The van der Waals surface area contributed by atoms with Crippen LogP contribution < -0.4 is 0 Å². The van der Waals surface area contributed by atoms with Crippen LogP contribution in [0.4, 0.5) is 0 Å². The standard InChI is InChI=1S/C9H15ClO3/c1-3-4-5-6-8(11)13-7(2)9(10)12/h7H,3-6H2,1-2H3. The van der Waals surface area contributed by atoms with Crippen LogP contribution in [-0.2, 0) is 14.3 Å². The van der Waals surface area contributed by atoms with E-state index in [0.717, 1.165) is 19.3 Å². The second kappa shape index (κ2) is 6.89. The van der Waals surface area contributed by atoms with Crippen molar-refractivity contribution in [3.8, 4) is 0 Å². The zero-order valence-corrected chi connectivity index (χ0v) is 8.76. The van der Waals surface area contributed by atoms with E-state index in [1.165, 1.54) is 6.92 Å². The van der Waals surface area contributed by atoms with Crippen molar-refractivity contribution in [3.05, 3.63) is 0 Å². The van der Waals surface area contributed by atoms with Crippen LogP contribution in [0.25, 0.3) is 0 Å². The average Bonchev–Trinajstić information content (AvgIpc) is 2.04. The number of ether oxygens (including phenoxy) is 1. The third-order valence-electron chi connectivity index (χ3n) is 1.61. The molecule has 0 aliphatic rings. The van der Waals surface area contributed by atoms with E-state index in [1.54, 1.807) is 0 Å². The van der Waals surface area contributed by atoms with E-state index in [-0.39, 0.29) is 5.97 Å². The maximum atomic E-state index is 11.0. The summed E-state index contributed by atoms with van der Waals surface area (Å²) in [5.74, 6) is -0.352. The molecule has 0 heterocycles. The Labute approximate surface area is 83.4 Å². The number of hydrogen-bond donors (Lipinski definition) is 0. The monoisotopic (exact) mass is 206 g/mol. The van der Waals surface area contributed by atoms with Crippen molar-refractivity contribution in [2.45, 2.75) is 45.6 Å². The molecule has 0 bridgehead atoms. The van der Waals surface area contributed by atoms with Crippen molar-refractivity contribution < 1.29 is 14.3 Å². The maximum absolute atomic E-state index is 11.0. The lowest BCUT2D eigenvalue weighted by Gasteiger charge is -2.07. The average molecular weight is 207 g/mol. The molecular formula is C9H15ClO3. The largest absolute Gasteiger partial charge is 0.453 e. The van der Waals surface area contributed by atoms with Gasteiger partial charge in [-0.15, -0.1) is 0 Å². The number of rotatable bonds is 6. The highest BCUT2D eigenvalue weighted by atomic mass is 35.5. The summed E-state index contributed by atoms with van der Waals surface area (Å²) in [5.41, 5.74) is 0. The quantitative estimate of drug-likeness (QED) is 0.380. The van der Waals surface area contributed by atoms with E-state index in [0.29, 0.717) is 6.42 Å². The maximum Gasteiger partial charge on any atom is 0.306 e. The van der Waals surface area contributed by atoms with Gasteiger partial charge in [-0.3, -0.25) is 9.59 Å². The first-order chi connectivity index (χ1) is 6.07. The fourth-order valence-electron chi connectivity index (χ4n) is 0.822. The molecule has 0 aromatic rings. The molecule has 0 aromatic heterocycles. The molecule has 3 nitrogen and oxygen atoms in total. The predicted molar refractivity (Wildman–Crippen MR) is 50.6 cm³/mol. The first-order valence-corrected chi connectivity index (χ1v) is 4.84. The highest BCUT2D eigenvalue weighted by Crippen LogP contribution is 2.04. The van der Waals surface area contributed by atoms with Crippen LogP contribution in [0, 0.1) is 0 Å². The second-order valence-electron chi connectivity index (χ2n) is 2.89. The summed E-state index contributed by atoms with van der Waals surface area (Å²) in [6.45, 7) is 3.52. The summed E-state index contributed by atoms with van der Waals surface area (Å²) < 4.78 is 4.74. The minimum atomic E-state index is -0.823. The van der Waals surface area contributed by atoms with Gasteiger partial charge in [0.05, 0.1) is 0 Å². The molecule has 0 fully saturated rings.